The number of hydrogen-bond donors (Lipinski definition) is 1. The van der Waals surface area contributed by atoms with E-state index >= 15 is 0 Å². The molecule has 18 heavy (non-hydrogen) atoms. The van der Waals surface area contributed by atoms with E-state index in [-0.39, 0.29) is 6.61 Å². The van der Waals surface area contributed by atoms with Gasteiger partial charge in [-0.2, -0.15) is 0 Å². The fourth-order valence-electron chi connectivity index (χ4n) is 2.33. The average molecular weight is 248 g/mol. The lowest BCUT2D eigenvalue weighted by Crippen LogP contribution is -2.51. The van der Waals surface area contributed by atoms with Crippen LogP contribution in [0.1, 0.15) is 29.8 Å². The molecule has 0 spiro atoms. The van der Waals surface area contributed by atoms with Crippen molar-refractivity contribution in [2.24, 2.45) is 5.92 Å². The summed E-state index contributed by atoms with van der Waals surface area (Å²) in [5.74, 6) is -1.77. The first kappa shape index (κ1) is 12.8. The van der Waals surface area contributed by atoms with Crippen LogP contribution >= 0.6 is 0 Å². The van der Waals surface area contributed by atoms with Gasteiger partial charge in [0.25, 0.3) is 0 Å². The lowest BCUT2D eigenvalue weighted by Gasteiger charge is -2.34. The highest BCUT2D eigenvalue weighted by Crippen LogP contribution is 2.33. The van der Waals surface area contributed by atoms with E-state index in [0.717, 1.165) is 5.56 Å². The summed E-state index contributed by atoms with van der Waals surface area (Å²) >= 11 is 0. The van der Waals surface area contributed by atoms with Crippen molar-refractivity contribution in [2.45, 2.75) is 25.9 Å². The van der Waals surface area contributed by atoms with Gasteiger partial charge in [-0.05, 0) is 25.8 Å². The molecule has 0 amide bonds. The molecule has 2 rings (SSSR count). The van der Waals surface area contributed by atoms with Gasteiger partial charge in [-0.25, -0.2) is 0 Å². The third-order valence-corrected chi connectivity index (χ3v) is 3.40. The first-order valence-corrected chi connectivity index (χ1v) is 6.00. The van der Waals surface area contributed by atoms with Crippen molar-refractivity contribution in [1.82, 2.24) is 0 Å². The van der Waals surface area contributed by atoms with E-state index in [2.05, 4.69) is 0 Å². The van der Waals surface area contributed by atoms with Gasteiger partial charge in [-0.15, -0.1) is 0 Å². The molecule has 1 N–H and O–H groups in total. The van der Waals surface area contributed by atoms with Crippen molar-refractivity contribution >= 4 is 11.8 Å². The summed E-state index contributed by atoms with van der Waals surface area (Å²) in [5, 5.41) is 10.3. The van der Waals surface area contributed by atoms with E-state index in [1.165, 1.54) is 6.92 Å². The fraction of sp³-hybridized carbons (Fsp3) is 0.429. The van der Waals surface area contributed by atoms with Gasteiger partial charge < -0.3 is 9.84 Å². The molecule has 1 aromatic carbocycles. The molecular formula is C14H16O4. The van der Waals surface area contributed by atoms with Gasteiger partial charge in [0.1, 0.15) is 5.60 Å². The number of Topliss-reactive ketones (excluding diaryl/α,β-unsaturated/α-hetero) is 1. The van der Waals surface area contributed by atoms with Crippen LogP contribution < -0.4 is 0 Å². The zero-order valence-corrected chi connectivity index (χ0v) is 10.5. The predicted octanol–water partition coefficient (Wildman–Crippen LogP) is 1.36. The lowest BCUT2D eigenvalue weighted by atomic mass is 9.72. The van der Waals surface area contributed by atoms with Crippen LogP contribution in [0, 0.1) is 5.92 Å². The molecule has 1 aromatic rings. The second kappa shape index (κ2) is 4.53. The Labute approximate surface area is 106 Å². The van der Waals surface area contributed by atoms with Crippen LogP contribution in [0.3, 0.4) is 0 Å². The number of ether oxygens (including phenoxy) is 1. The van der Waals surface area contributed by atoms with Crippen molar-refractivity contribution in [3.8, 4) is 0 Å². The minimum atomic E-state index is -1.69. The molecule has 0 aromatic heterocycles. The summed E-state index contributed by atoms with van der Waals surface area (Å²) in [6.07, 6.45) is 0.327. The molecular weight excluding hydrogens is 232 g/mol. The van der Waals surface area contributed by atoms with E-state index in [0.29, 0.717) is 12.0 Å². The molecule has 0 unspecified atom stereocenters. The summed E-state index contributed by atoms with van der Waals surface area (Å²) in [7, 11) is 0. The van der Waals surface area contributed by atoms with Crippen LogP contribution in [-0.2, 0) is 16.0 Å². The van der Waals surface area contributed by atoms with Gasteiger partial charge in [-0.1, -0.05) is 24.3 Å². The van der Waals surface area contributed by atoms with Crippen LogP contribution in [-0.4, -0.2) is 29.1 Å². The fourth-order valence-corrected chi connectivity index (χ4v) is 2.33. The maximum absolute atomic E-state index is 12.2. The summed E-state index contributed by atoms with van der Waals surface area (Å²) in [6, 6.07) is 7.04. The molecule has 0 saturated heterocycles. The standard InChI is InChI=1S/C14H16O4/c1-3-18-13(16)11-8-9-6-4-5-7-10(9)12(15)14(11,2)17/h4-7,11,17H,3,8H2,1-2H3/t11-,14+/m1/s1. The summed E-state index contributed by atoms with van der Waals surface area (Å²) in [5.41, 5.74) is -0.421. The zero-order valence-electron chi connectivity index (χ0n) is 10.5. The Morgan fingerprint density at radius 1 is 1.50 bits per heavy atom. The van der Waals surface area contributed by atoms with Gasteiger partial charge >= 0.3 is 5.97 Å². The van der Waals surface area contributed by atoms with E-state index in [9.17, 15) is 14.7 Å². The van der Waals surface area contributed by atoms with Crippen molar-refractivity contribution in [2.75, 3.05) is 6.61 Å². The smallest absolute Gasteiger partial charge is 0.312 e. The Bertz CT molecular complexity index is 490. The maximum Gasteiger partial charge on any atom is 0.312 e. The minimum absolute atomic E-state index is 0.237. The predicted molar refractivity (Wildman–Crippen MR) is 65.2 cm³/mol. The monoisotopic (exact) mass is 248 g/mol. The van der Waals surface area contributed by atoms with Crippen LogP contribution in [0.4, 0.5) is 0 Å². The average Bonchev–Trinajstić information content (AvgIpc) is 2.34. The number of fused-ring (bicyclic) bond motifs is 1. The van der Waals surface area contributed by atoms with E-state index in [1.54, 1.807) is 25.1 Å². The van der Waals surface area contributed by atoms with Crippen LogP contribution in [0.5, 0.6) is 0 Å². The molecule has 0 heterocycles. The number of carbonyl (C=O) groups is 2. The number of rotatable bonds is 2. The highest BCUT2D eigenvalue weighted by molar-refractivity contribution is 6.07. The summed E-state index contributed by atoms with van der Waals surface area (Å²) in [6.45, 7) is 3.32. The second-order valence-electron chi connectivity index (χ2n) is 4.64. The van der Waals surface area contributed by atoms with Crippen molar-refractivity contribution in [3.63, 3.8) is 0 Å². The topological polar surface area (TPSA) is 63.6 Å². The molecule has 0 saturated carbocycles. The first-order valence-electron chi connectivity index (χ1n) is 6.00. The van der Waals surface area contributed by atoms with Crippen molar-refractivity contribution in [1.29, 1.82) is 0 Å². The Kier molecular flexibility index (Phi) is 3.22. The van der Waals surface area contributed by atoms with Gasteiger partial charge in [-0.3, -0.25) is 9.59 Å². The second-order valence-corrected chi connectivity index (χ2v) is 4.64. The molecule has 4 nitrogen and oxygen atoms in total. The Hall–Kier alpha value is -1.68. The highest BCUT2D eigenvalue weighted by Gasteiger charge is 2.48. The molecule has 1 aliphatic carbocycles. The molecule has 4 heteroatoms. The van der Waals surface area contributed by atoms with Gasteiger partial charge in [0.15, 0.2) is 5.78 Å². The number of hydrogen-bond acceptors (Lipinski definition) is 4. The first-order chi connectivity index (χ1) is 8.48. The van der Waals surface area contributed by atoms with Crippen LogP contribution in [0.2, 0.25) is 0 Å². The SMILES string of the molecule is CCOC(=O)[C@H]1Cc2ccccc2C(=O)[C@@]1(C)O. The molecule has 0 radical (unpaired) electrons. The summed E-state index contributed by atoms with van der Waals surface area (Å²) in [4.78, 5) is 24.0. The molecule has 96 valence electrons. The van der Waals surface area contributed by atoms with E-state index < -0.39 is 23.3 Å². The number of benzene rings is 1. The Morgan fingerprint density at radius 2 is 2.17 bits per heavy atom. The van der Waals surface area contributed by atoms with Gasteiger partial charge in [0, 0.05) is 5.56 Å². The van der Waals surface area contributed by atoms with Gasteiger partial charge in [0.05, 0.1) is 12.5 Å². The molecule has 1 aliphatic rings. The third-order valence-electron chi connectivity index (χ3n) is 3.40. The van der Waals surface area contributed by atoms with Crippen molar-refractivity contribution < 1.29 is 19.4 Å². The molecule has 0 fully saturated rings. The van der Waals surface area contributed by atoms with Crippen molar-refractivity contribution in [3.05, 3.63) is 35.4 Å². The highest BCUT2D eigenvalue weighted by atomic mass is 16.5. The van der Waals surface area contributed by atoms with Crippen LogP contribution in [0.25, 0.3) is 0 Å². The Balaban J connectivity index is 2.41. The minimum Gasteiger partial charge on any atom is -0.466 e. The molecule has 0 bridgehead atoms. The summed E-state index contributed by atoms with van der Waals surface area (Å²) < 4.78 is 4.93. The normalized spacial score (nSPS) is 26.6. The largest absolute Gasteiger partial charge is 0.466 e. The quantitative estimate of drug-likeness (QED) is 0.802. The zero-order chi connectivity index (χ0) is 13.3. The number of esters is 1. The third kappa shape index (κ3) is 1.93. The Morgan fingerprint density at radius 3 is 2.83 bits per heavy atom. The van der Waals surface area contributed by atoms with E-state index in [1.807, 2.05) is 6.07 Å². The van der Waals surface area contributed by atoms with Gasteiger partial charge in [0.2, 0.25) is 0 Å². The maximum atomic E-state index is 12.2. The van der Waals surface area contributed by atoms with Crippen LogP contribution in [0.15, 0.2) is 24.3 Å². The number of aliphatic hydroxyl groups is 1. The lowest BCUT2D eigenvalue weighted by molar-refractivity contribution is -0.155. The number of ketones is 1. The van der Waals surface area contributed by atoms with E-state index in [4.69, 9.17) is 4.74 Å². The molecule has 2 atom stereocenters. The molecule has 0 aliphatic heterocycles. The number of carbonyl (C=O) groups excluding carboxylic acids is 2.